The van der Waals surface area contributed by atoms with E-state index in [1.165, 1.54) is 0 Å². The maximum absolute atomic E-state index is 8.84. The molecule has 6 nitrogen and oxygen atoms in total. The Morgan fingerprint density at radius 1 is 1.22 bits per heavy atom. The molecule has 0 heterocycles. The van der Waals surface area contributed by atoms with Crippen molar-refractivity contribution < 1.29 is 61.1 Å². The average molecular weight is 378 g/mol. The molecule has 9 heteroatoms. The molecule has 0 aliphatic heterocycles. The Morgan fingerprint density at radius 2 is 1.22 bits per heavy atom. The molecular weight excluding hydrogens is 372 g/mol. The molecule has 0 bridgehead atoms. The van der Waals surface area contributed by atoms with Gasteiger partial charge >= 0.3 is 110 Å². The Bertz CT molecular complexity index is 71.1. The normalized spacial score (nSPS) is 5.78. The SMILES string of the molecule is [BaH2].[O]=[Ti]([OH])[OH].[O]=[Zr]([OH])[OH]. The third-order valence-electron chi connectivity index (χ3n) is 0. The fourth-order valence-electron chi connectivity index (χ4n) is 0. The molecule has 0 saturated heterocycles. The van der Waals surface area contributed by atoms with Gasteiger partial charge in [-0.25, -0.2) is 0 Å². The molecule has 0 atom stereocenters. The van der Waals surface area contributed by atoms with Gasteiger partial charge in [0.05, 0.1) is 0 Å². The molecule has 0 amide bonds. The molecule has 0 spiro atoms. The van der Waals surface area contributed by atoms with Crippen molar-refractivity contribution in [1.29, 1.82) is 0 Å². The van der Waals surface area contributed by atoms with E-state index in [-0.39, 0.29) is 48.9 Å². The van der Waals surface area contributed by atoms with E-state index in [4.69, 9.17) is 19.9 Å². The Kier molecular flexibility index (Phi) is 25.9. The van der Waals surface area contributed by atoms with Gasteiger partial charge in [0.2, 0.25) is 0 Å². The second-order valence-electron chi connectivity index (χ2n) is 0.565. The van der Waals surface area contributed by atoms with Crippen molar-refractivity contribution in [2.45, 2.75) is 0 Å². The molecule has 0 radical (unpaired) electrons. The average Bonchev–Trinajstić information content (AvgIpc) is 1.25. The molecule has 0 fully saturated rings. The van der Waals surface area contributed by atoms with Gasteiger partial charge in [-0.05, 0) is 0 Å². The van der Waals surface area contributed by atoms with Crippen molar-refractivity contribution in [3.8, 4) is 0 Å². The summed E-state index contributed by atoms with van der Waals surface area (Å²) < 4.78 is 46.6. The maximum atomic E-state index is 8.84. The zero-order valence-corrected chi connectivity index (χ0v) is 7.62. The Labute approximate surface area is 107 Å². The van der Waals surface area contributed by atoms with E-state index in [0.29, 0.717) is 0 Å². The Balaban J connectivity index is -0.0000000720. The van der Waals surface area contributed by atoms with E-state index in [1.807, 2.05) is 0 Å². The van der Waals surface area contributed by atoms with Crippen LogP contribution in [0.2, 0.25) is 0 Å². The van der Waals surface area contributed by atoms with Gasteiger partial charge in [0.25, 0.3) is 0 Å². The zero-order valence-electron chi connectivity index (χ0n) is 3.61. The van der Waals surface area contributed by atoms with Gasteiger partial charge in [-0.2, -0.15) is 0 Å². The molecule has 9 heavy (non-hydrogen) atoms. The van der Waals surface area contributed by atoms with Gasteiger partial charge in [0.15, 0.2) is 0 Å². The first-order chi connectivity index (χ1) is 3.46. The quantitative estimate of drug-likeness (QED) is 0.327. The zero-order chi connectivity index (χ0) is 7.15. The third-order valence-corrected chi connectivity index (χ3v) is 0. The van der Waals surface area contributed by atoms with Crippen LogP contribution in [0.3, 0.4) is 0 Å². The van der Waals surface area contributed by atoms with Crippen LogP contribution in [0.4, 0.5) is 0 Å². The summed E-state index contributed by atoms with van der Waals surface area (Å²) in [4.78, 5) is 0. The summed E-state index contributed by atoms with van der Waals surface area (Å²) in [7, 11) is 0. The van der Waals surface area contributed by atoms with Crippen LogP contribution in [0.15, 0.2) is 0 Å². The molecule has 0 aliphatic rings. The monoisotopic (exact) mass is 378 g/mol. The standard InChI is InChI=1S/Ba.4H2O.2O.Ti.Zr.2H/h;4*1H2;;;;;;/q;;;;;;;2*+2;;/p-4. The summed E-state index contributed by atoms with van der Waals surface area (Å²) in [6.45, 7) is 0. The molecule has 0 aromatic rings. The molecular formula is H6BaO6TiZr. The number of hydrogen-bond donors (Lipinski definition) is 4. The van der Waals surface area contributed by atoms with Crippen molar-refractivity contribution in [1.82, 2.24) is 0 Å². The van der Waals surface area contributed by atoms with Crippen LogP contribution in [0, 0.1) is 0 Å². The van der Waals surface area contributed by atoms with Crippen LogP contribution in [-0.4, -0.2) is 62.6 Å². The van der Waals surface area contributed by atoms with Gasteiger partial charge in [-0.15, -0.1) is 0 Å². The summed E-state index contributed by atoms with van der Waals surface area (Å²) in [5, 5.41) is 0. The van der Waals surface area contributed by atoms with Crippen molar-refractivity contribution in [2.75, 3.05) is 0 Å². The molecule has 0 aromatic carbocycles. The van der Waals surface area contributed by atoms with Crippen LogP contribution >= 0.6 is 0 Å². The summed E-state index contributed by atoms with van der Waals surface area (Å²) in [6.07, 6.45) is 0. The van der Waals surface area contributed by atoms with E-state index < -0.39 is 41.3 Å². The minimum atomic E-state index is -3.79. The van der Waals surface area contributed by atoms with E-state index >= 15 is 0 Å². The first-order valence-corrected chi connectivity index (χ1v) is 6.54. The van der Waals surface area contributed by atoms with Crippen molar-refractivity contribution >= 4 is 48.9 Å². The molecule has 0 aromatic heterocycles. The van der Waals surface area contributed by atoms with Gasteiger partial charge in [-0.3, -0.25) is 0 Å². The predicted octanol–water partition coefficient (Wildman–Crippen LogP) is -3.39. The van der Waals surface area contributed by atoms with E-state index in [1.54, 1.807) is 0 Å². The van der Waals surface area contributed by atoms with Gasteiger partial charge in [0, 0.05) is 0 Å². The molecule has 52 valence electrons. The van der Waals surface area contributed by atoms with Crippen molar-refractivity contribution in [3.05, 3.63) is 0 Å². The second kappa shape index (κ2) is 13.2. The fourth-order valence-corrected chi connectivity index (χ4v) is 0. The van der Waals surface area contributed by atoms with Crippen LogP contribution in [0.5, 0.6) is 0 Å². The molecule has 0 saturated carbocycles. The molecule has 0 rings (SSSR count). The number of rotatable bonds is 0. The third kappa shape index (κ3) is 116. The van der Waals surface area contributed by atoms with E-state index in [2.05, 4.69) is 0 Å². The molecule has 0 unspecified atom stereocenters. The first-order valence-electron chi connectivity index (χ1n) is 1.30. The van der Waals surface area contributed by atoms with E-state index in [9.17, 15) is 0 Å². The number of hydrogen-bond acceptors (Lipinski definition) is 2. The molecule has 0 aliphatic carbocycles. The Hall–Kier alpha value is 2.61. The second-order valence-corrected chi connectivity index (χ2v) is 2.84. The summed E-state index contributed by atoms with van der Waals surface area (Å²) in [6, 6.07) is 0. The van der Waals surface area contributed by atoms with Gasteiger partial charge in [-0.1, -0.05) is 0 Å². The predicted molar refractivity (Wildman–Crippen MR) is 18.8 cm³/mol. The van der Waals surface area contributed by atoms with Gasteiger partial charge < -0.3 is 0 Å². The summed E-state index contributed by atoms with van der Waals surface area (Å²) in [5.41, 5.74) is 0. The topological polar surface area (TPSA) is 115 Å². The van der Waals surface area contributed by atoms with Crippen molar-refractivity contribution in [2.24, 2.45) is 0 Å². The Morgan fingerprint density at radius 3 is 1.22 bits per heavy atom. The fraction of sp³-hybridized carbons (Fsp3) is 0. The first kappa shape index (κ1) is 17.6. The van der Waals surface area contributed by atoms with Crippen LogP contribution in [0.1, 0.15) is 0 Å². The van der Waals surface area contributed by atoms with Crippen LogP contribution < -0.4 is 0 Å². The van der Waals surface area contributed by atoms with Crippen LogP contribution in [-0.2, 0) is 47.4 Å². The van der Waals surface area contributed by atoms with E-state index in [0.717, 1.165) is 0 Å². The van der Waals surface area contributed by atoms with Crippen molar-refractivity contribution in [3.63, 3.8) is 0 Å². The molecule has 4 N–H and O–H groups in total. The van der Waals surface area contributed by atoms with Crippen LogP contribution in [0.25, 0.3) is 0 Å². The van der Waals surface area contributed by atoms with Gasteiger partial charge in [0.1, 0.15) is 0 Å². The minimum absolute atomic E-state index is 0. The summed E-state index contributed by atoms with van der Waals surface area (Å²) in [5.74, 6) is 0. The summed E-state index contributed by atoms with van der Waals surface area (Å²) >= 11 is -7.38.